The van der Waals surface area contributed by atoms with Crippen LogP contribution in [0.15, 0.2) is 53.5 Å². The Morgan fingerprint density at radius 1 is 1.26 bits per heavy atom. The molecular formula is C30H27FN6O5. The highest BCUT2D eigenvalue weighted by atomic mass is 19.1. The molecule has 1 aromatic heterocycles. The molecule has 3 unspecified atom stereocenters. The smallest absolute Gasteiger partial charge is 0.257 e. The molecule has 11 nitrogen and oxygen atoms in total. The van der Waals surface area contributed by atoms with Crippen LogP contribution in [0.25, 0.3) is 11.3 Å². The normalized spacial score (nSPS) is 20.2. The Bertz CT molecular complexity index is 1670. The largest absolute Gasteiger partial charge is 0.506 e. The van der Waals surface area contributed by atoms with Gasteiger partial charge in [-0.25, -0.2) is 14.7 Å². The molecule has 3 aromatic rings. The minimum Gasteiger partial charge on any atom is -0.506 e. The summed E-state index contributed by atoms with van der Waals surface area (Å²) >= 11 is 0. The standard InChI is InChI=1S/C30H27FN6O5/c1-33-14-20(13-32)21-8-9-22(38)26(34-21)18-5-3-17(4-6-18)11-12-30(28(40)35-29(41)36-30)16-37-15-19-7-10-23(42-2)25(31)24(19)27(37)39/h3-10,13-14,20,29,32,36,38,41H,15-16H2,1-2H3,(H,35,40). The van der Waals surface area contributed by atoms with Gasteiger partial charge in [0, 0.05) is 37.1 Å². The number of benzene rings is 2. The van der Waals surface area contributed by atoms with Gasteiger partial charge in [0.05, 0.1) is 30.8 Å². The van der Waals surface area contributed by atoms with Gasteiger partial charge in [-0.15, -0.1) is 0 Å². The van der Waals surface area contributed by atoms with Gasteiger partial charge < -0.3 is 30.6 Å². The molecule has 0 saturated carbocycles. The van der Waals surface area contributed by atoms with Gasteiger partial charge in [0.15, 0.2) is 23.5 Å². The van der Waals surface area contributed by atoms with Crippen LogP contribution in [0.2, 0.25) is 0 Å². The minimum absolute atomic E-state index is 0.0418. The quantitative estimate of drug-likeness (QED) is 0.214. The van der Waals surface area contributed by atoms with E-state index in [0.717, 1.165) is 0 Å². The first-order valence-corrected chi connectivity index (χ1v) is 12.9. The number of aliphatic hydroxyl groups is 1. The highest BCUT2D eigenvalue weighted by Crippen LogP contribution is 2.32. The Labute approximate surface area is 240 Å². The predicted octanol–water partition coefficient (Wildman–Crippen LogP) is 1.78. The van der Waals surface area contributed by atoms with Gasteiger partial charge in [-0.2, -0.15) is 0 Å². The third-order valence-electron chi connectivity index (χ3n) is 7.05. The van der Waals surface area contributed by atoms with Crippen LogP contribution < -0.4 is 15.4 Å². The van der Waals surface area contributed by atoms with Crippen molar-refractivity contribution in [2.45, 2.75) is 24.4 Å². The summed E-state index contributed by atoms with van der Waals surface area (Å²) in [6, 6.07) is 12.9. The van der Waals surface area contributed by atoms with E-state index in [1.54, 1.807) is 49.7 Å². The molecule has 2 aromatic carbocycles. The van der Waals surface area contributed by atoms with E-state index in [0.29, 0.717) is 28.1 Å². The Morgan fingerprint density at radius 3 is 2.67 bits per heavy atom. The predicted molar refractivity (Wildman–Crippen MR) is 152 cm³/mol. The van der Waals surface area contributed by atoms with E-state index in [1.807, 2.05) is 0 Å². The summed E-state index contributed by atoms with van der Waals surface area (Å²) in [7, 11) is 2.91. The number of ether oxygens (including phenoxy) is 1. The van der Waals surface area contributed by atoms with Gasteiger partial charge >= 0.3 is 0 Å². The Hall–Kier alpha value is -5.12. The van der Waals surface area contributed by atoms with E-state index < -0.39 is 35.4 Å². The van der Waals surface area contributed by atoms with Crippen molar-refractivity contribution in [3.05, 3.63) is 76.7 Å². The molecule has 3 atom stereocenters. The zero-order chi connectivity index (χ0) is 30.0. The molecule has 3 heterocycles. The second-order valence-electron chi connectivity index (χ2n) is 9.73. The molecule has 2 aliphatic rings. The second kappa shape index (κ2) is 11.4. The van der Waals surface area contributed by atoms with E-state index in [9.17, 15) is 24.2 Å². The van der Waals surface area contributed by atoms with E-state index in [4.69, 9.17) is 10.1 Å². The van der Waals surface area contributed by atoms with Gasteiger partial charge in [-0.1, -0.05) is 30.0 Å². The lowest BCUT2D eigenvalue weighted by molar-refractivity contribution is -0.123. The van der Waals surface area contributed by atoms with E-state index >= 15 is 0 Å². The van der Waals surface area contributed by atoms with Crippen molar-refractivity contribution >= 4 is 24.2 Å². The first-order chi connectivity index (χ1) is 20.2. The number of pyridine rings is 1. The average Bonchev–Trinajstić information content (AvgIpc) is 3.45. The number of amides is 2. The first-order valence-electron chi connectivity index (χ1n) is 12.9. The second-order valence-corrected chi connectivity index (χ2v) is 9.73. The number of rotatable bonds is 7. The lowest BCUT2D eigenvalue weighted by atomic mass is 9.98. The zero-order valence-corrected chi connectivity index (χ0v) is 22.7. The van der Waals surface area contributed by atoms with Crippen LogP contribution in [0.1, 0.15) is 33.1 Å². The van der Waals surface area contributed by atoms with Gasteiger partial charge in [0.2, 0.25) is 0 Å². The topological polar surface area (TPSA) is 160 Å². The molecule has 0 bridgehead atoms. The molecule has 0 aliphatic carbocycles. The lowest BCUT2D eigenvalue weighted by Gasteiger charge is -2.26. The van der Waals surface area contributed by atoms with Gasteiger partial charge in [-0.05, 0) is 35.9 Å². The number of hydrogen-bond donors (Lipinski definition) is 5. The van der Waals surface area contributed by atoms with Crippen molar-refractivity contribution in [1.82, 2.24) is 20.5 Å². The summed E-state index contributed by atoms with van der Waals surface area (Å²) in [4.78, 5) is 35.8. The number of nitrogens with one attached hydrogen (secondary N) is 3. The number of fused-ring (bicyclic) bond motifs is 1. The van der Waals surface area contributed by atoms with E-state index in [2.05, 4.69) is 32.5 Å². The number of aliphatic imine (C=N–C) groups is 1. The van der Waals surface area contributed by atoms with Crippen LogP contribution in [-0.4, -0.2) is 76.9 Å². The average molecular weight is 571 g/mol. The molecule has 5 N–H and O–H groups in total. The van der Waals surface area contributed by atoms with Crippen LogP contribution in [0, 0.1) is 23.1 Å². The maximum atomic E-state index is 14.8. The van der Waals surface area contributed by atoms with Crippen LogP contribution in [0.4, 0.5) is 4.39 Å². The monoisotopic (exact) mass is 570 g/mol. The Balaban J connectivity index is 1.41. The molecular weight excluding hydrogens is 543 g/mol. The lowest BCUT2D eigenvalue weighted by Crippen LogP contribution is -2.55. The summed E-state index contributed by atoms with van der Waals surface area (Å²) < 4.78 is 19.8. The summed E-state index contributed by atoms with van der Waals surface area (Å²) in [5.74, 6) is 3.22. The molecule has 12 heteroatoms. The number of aromatic nitrogens is 1. The van der Waals surface area contributed by atoms with Crippen molar-refractivity contribution in [2.75, 3.05) is 20.7 Å². The maximum absolute atomic E-state index is 14.8. The molecule has 5 rings (SSSR count). The first kappa shape index (κ1) is 28.4. The van der Waals surface area contributed by atoms with Crippen molar-refractivity contribution in [3.8, 4) is 34.6 Å². The Kier molecular flexibility index (Phi) is 7.71. The van der Waals surface area contributed by atoms with Crippen molar-refractivity contribution in [2.24, 2.45) is 4.99 Å². The SMILES string of the molecule is CN=CC(C=N)c1ccc(O)c(-c2ccc(C#CC3(CN4Cc5ccc(OC)c(F)c5C4=O)NC(O)NC3=O)cc2)n1. The zero-order valence-electron chi connectivity index (χ0n) is 22.7. The fraction of sp³-hybridized carbons (Fsp3) is 0.233. The molecule has 2 amide bonds. The summed E-state index contributed by atoms with van der Waals surface area (Å²) in [6.45, 7) is -0.202. The van der Waals surface area contributed by atoms with Crippen molar-refractivity contribution < 1.29 is 28.9 Å². The highest BCUT2D eigenvalue weighted by molar-refractivity contribution is 6.00. The number of methoxy groups -OCH3 is 1. The molecule has 2 aliphatic heterocycles. The summed E-state index contributed by atoms with van der Waals surface area (Å²) in [6.07, 6.45) is 1.39. The third-order valence-corrected chi connectivity index (χ3v) is 7.05. The molecule has 0 radical (unpaired) electrons. The van der Waals surface area contributed by atoms with Crippen LogP contribution in [-0.2, 0) is 11.3 Å². The number of hydrogen-bond acceptors (Lipinski definition) is 9. The number of carbonyl (C=O) groups is 2. The number of aliphatic hydroxyl groups excluding tert-OH is 1. The van der Waals surface area contributed by atoms with E-state index in [1.165, 1.54) is 30.4 Å². The van der Waals surface area contributed by atoms with Crippen molar-refractivity contribution in [1.29, 1.82) is 5.41 Å². The van der Waals surface area contributed by atoms with Gasteiger partial charge in [-0.3, -0.25) is 14.6 Å². The molecule has 42 heavy (non-hydrogen) atoms. The number of nitrogens with zero attached hydrogens (tertiary/aromatic N) is 3. The minimum atomic E-state index is -1.67. The molecule has 1 fully saturated rings. The summed E-state index contributed by atoms with van der Waals surface area (Å²) in [5.41, 5.74) is 0.614. The fourth-order valence-corrected chi connectivity index (χ4v) is 4.92. The number of aromatic hydroxyl groups is 1. The molecule has 0 spiro atoms. The third kappa shape index (κ3) is 5.18. The maximum Gasteiger partial charge on any atom is 0.257 e. The molecule has 1 saturated heterocycles. The molecule has 214 valence electrons. The van der Waals surface area contributed by atoms with Gasteiger partial charge in [0.1, 0.15) is 11.4 Å². The number of halogens is 1. The summed E-state index contributed by atoms with van der Waals surface area (Å²) in [5, 5.41) is 33.2. The van der Waals surface area contributed by atoms with Crippen LogP contribution >= 0.6 is 0 Å². The fourth-order valence-electron chi connectivity index (χ4n) is 4.92. The van der Waals surface area contributed by atoms with Crippen molar-refractivity contribution in [3.63, 3.8) is 0 Å². The van der Waals surface area contributed by atoms with Crippen LogP contribution in [0.5, 0.6) is 11.5 Å². The Morgan fingerprint density at radius 2 is 2.02 bits per heavy atom. The van der Waals surface area contributed by atoms with Gasteiger partial charge in [0.25, 0.3) is 11.8 Å². The number of carbonyl (C=O) groups excluding carboxylic acids is 2. The van der Waals surface area contributed by atoms with Crippen LogP contribution in [0.3, 0.4) is 0 Å². The van der Waals surface area contributed by atoms with E-state index in [-0.39, 0.29) is 30.2 Å². The highest BCUT2D eigenvalue weighted by Gasteiger charge is 2.48.